The van der Waals surface area contributed by atoms with Crippen LogP contribution in [0.15, 0.2) is 36.5 Å². The quantitative estimate of drug-likeness (QED) is 0.725. The smallest absolute Gasteiger partial charge is 0.274 e. The molecule has 1 saturated carbocycles. The maximum Gasteiger partial charge on any atom is 0.274 e. The minimum absolute atomic E-state index is 0.230. The second kappa shape index (κ2) is 7.00. The molecule has 27 heavy (non-hydrogen) atoms. The Morgan fingerprint density at radius 2 is 2.19 bits per heavy atom. The number of aliphatic hydroxyl groups excluding tert-OH is 1. The Labute approximate surface area is 157 Å². The minimum Gasteiger partial charge on any atom is -0.494 e. The van der Waals surface area contributed by atoms with E-state index >= 15 is 0 Å². The van der Waals surface area contributed by atoms with Crippen molar-refractivity contribution in [3.63, 3.8) is 0 Å². The van der Waals surface area contributed by atoms with Gasteiger partial charge in [0.05, 0.1) is 24.4 Å². The van der Waals surface area contributed by atoms with Gasteiger partial charge in [0.25, 0.3) is 5.91 Å². The Balaban J connectivity index is 1.61. The topological polar surface area (TPSA) is 89.3 Å². The summed E-state index contributed by atoms with van der Waals surface area (Å²) in [7, 11) is 1.57. The molecule has 4 rings (SSSR count). The third kappa shape index (κ3) is 3.38. The molecule has 1 aromatic carbocycles. The van der Waals surface area contributed by atoms with Crippen LogP contribution >= 0.6 is 0 Å². The van der Waals surface area contributed by atoms with Crippen molar-refractivity contribution in [3.05, 3.63) is 47.9 Å². The van der Waals surface area contributed by atoms with E-state index in [0.29, 0.717) is 29.1 Å². The van der Waals surface area contributed by atoms with Gasteiger partial charge in [0.2, 0.25) is 0 Å². The number of aliphatic hydroxyl groups is 1. The number of pyridine rings is 1. The molecule has 1 aliphatic carbocycles. The molecule has 140 valence electrons. The maximum absolute atomic E-state index is 12.5. The van der Waals surface area contributed by atoms with E-state index in [1.165, 1.54) is 0 Å². The number of methoxy groups -OCH3 is 1. The number of fused-ring (bicyclic) bond motifs is 1. The average molecular weight is 366 g/mol. The Bertz CT molecular complexity index is 992. The van der Waals surface area contributed by atoms with E-state index < -0.39 is 0 Å². The van der Waals surface area contributed by atoms with Gasteiger partial charge < -0.3 is 15.2 Å². The highest BCUT2D eigenvalue weighted by Gasteiger charge is 2.30. The second-order valence-corrected chi connectivity index (χ2v) is 7.01. The molecule has 0 aliphatic heterocycles. The molecule has 2 aromatic heterocycles. The molecule has 1 aliphatic rings. The SMILES string of the molecule is COc1cc2nn(C3CC(CO)C3)cc2cc1NC(=O)c1cccc(C)n1. The average Bonchev–Trinajstić information content (AvgIpc) is 3.02. The summed E-state index contributed by atoms with van der Waals surface area (Å²) in [6.07, 6.45) is 3.85. The molecule has 0 radical (unpaired) electrons. The number of hydrogen-bond donors (Lipinski definition) is 2. The summed E-state index contributed by atoms with van der Waals surface area (Å²) in [6, 6.07) is 9.34. The third-order valence-electron chi connectivity index (χ3n) is 5.06. The van der Waals surface area contributed by atoms with Gasteiger partial charge >= 0.3 is 0 Å². The molecular formula is C20H22N4O3. The van der Waals surface area contributed by atoms with Crippen LogP contribution in [0.1, 0.15) is 35.1 Å². The van der Waals surface area contributed by atoms with E-state index in [-0.39, 0.29) is 12.5 Å². The maximum atomic E-state index is 12.5. The van der Waals surface area contributed by atoms with E-state index in [9.17, 15) is 9.90 Å². The summed E-state index contributed by atoms with van der Waals surface area (Å²) in [5, 5.41) is 17.6. The van der Waals surface area contributed by atoms with Crippen LogP contribution in [-0.4, -0.2) is 39.5 Å². The monoisotopic (exact) mass is 366 g/mol. The highest BCUT2D eigenvalue weighted by molar-refractivity contribution is 6.05. The van der Waals surface area contributed by atoms with Crippen molar-refractivity contribution < 1.29 is 14.6 Å². The van der Waals surface area contributed by atoms with E-state index in [1.807, 2.05) is 36.0 Å². The first-order valence-electron chi connectivity index (χ1n) is 9.00. The van der Waals surface area contributed by atoms with Gasteiger partial charge in [-0.15, -0.1) is 0 Å². The summed E-state index contributed by atoms with van der Waals surface area (Å²) < 4.78 is 7.39. The number of amides is 1. The highest BCUT2D eigenvalue weighted by Crippen LogP contribution is 2.38. The van der Waals surface area contributed by atoms with Gasteiger partial charge in [0.15, 0.2) is 0 Å². The van der Waals surface area contributed by atoms with Crippen molar-refractivity contribution in [1.29, 1.82) is 0 Å². The first kappa shape index (κ1) is 17.5. The van der Waals surface area contributed by atoms with E-state index in [4.69, 9.17) is 4.74 Å². The van der Waals surface area contributed by atoms with E-state index in [0.717, 1.165) is 29.4 Å². The number of nitrogens with one attached hydrogen (secondary N) is 1. The molecule has 2 heterocycles. The van der Waals surface area contributed by atoms with Crippen LogP contribution in [0.4, 0.5) is 5.69 Å². The molecule has 0 bridgehead atoms. The van der Waals surface area contributed by atoms with Crippen molar-refractivity contribution in [2.75, 3.05) is 19.0 Å². The molecule has 7 nitrogen and oxygen atoms in total. The normalized spacial score (nSPS) is 18.9. The van der Waals surface area contributed by atoms with Crippen LogP contribution in [0.3, 0.4) is 0 Å². The standard InChI is InChI=1S/C20H22N4O3/c1-12-4-3-5-16(21-12)20(26)22-18-8-14-10-24(15-6-13(7-15)11-25)23-17(14)9-19(18)27-2/h3-5,8-10,13,15,25H,6-7,11H2,1-2H3,(H,22,26). The molecule has 0 unspecified atom stereocenters. The lowest BCUT2D eigenvalue weighted by Gasteiger charge is -2.33. The van der Waals surface area contributed by atoms with Crippen LogP contribution in [0.2, 0.25) is 0 Å². The van der Waals surface area contributed by atoms with Gasteiger partial charge in [-0.1, -0.05) is 6.07 Å². The Morgan fingerprint density at radius 3 is 2.89 bits per heavy atom. The predicted octanol–water partition coefficient (Wildman–Crippen LogP) is 2.94. The predicted molar refractivity (Wildman–Crippen MR) is 102 cm³/mol. The van der Waals surface area contributed by atoms with Gasteiger partial charge in [-0.05, 0) is 43.9 Å². The largest absolute Gasteiger partial charge is 0.494 e. The van der Waals surface area contributed by atoms with Crippen LogP contribution in [0, 0.1) is 12.8 Å². The number of aromatic nitrogens is 3. The van der Waals surface area contributed by atoms with Crippen molar-refractivity contribution in [2.24, 2.45) is 5.92 Å². The number of aryl methyl sites for hydroxylation is 1. The molecule has 3 aromatic rings. The molecular weight excluding hydrogens is 344 g/mol. The fourth-order valence-electron chi connectivity index (χ4n) is 3.45. The lowest BCUT2D eigenvalue weighted by Crippen LogP contribution is -2.29. The van der Waals surface area contributed by atoms with E-state index in [1.54, 1.807) is 19.2 Å². The molecule has 0 saturated heterocycles. The van der Waals surface area contributed by atoms with Crippen molar-refractivity contribution in [1.82, 2.24) is 14.8 Å². The van der Waals surface area contributed by atoms with Crippen LogP contribution in [-0.2, 0) is 0 Å². The van der Waals surface area contributed by atoms with Crippen molar-refractivity contribution in [3.8, 4) is 5.75 Å². The summed E-state index contributed by atoms with van der Waals surface area (Å²) >= 11 is 0. The summed E-state index contributed by atoms with van der Waals surface area (Å²) in [6.45, 7) is 2.08. The molecule has 0 spiro atoms. The van der Waals surface area contributed by atoms with Gasteiger partial charge in [-0.2, -0.15) is 5.10 Å². The molecule has 1 amide bonds. The zero-order valence-corrected chi connectivity index (χ0v) is 15.3. The zero-order chi connectivity index (χ0) is 19.0. The Kier molecular flexibility index (Phi) is 4.53. The van der Waals surface area contributed by atoms with Gasteiger partial charge in [0, 0.05) is 30.0 Å². The lowest BCUT2D eigenvalue weighted by atomic mass is 9.81. The molecule has 1 fully saturated rings. The number of rotatable bonds is 5. The van der Waals surface area contributed by atoms with Gasteiger partial charge in [0.1, 0.15) is 11.4 Å². The number of benzene rings is 1. The first-order chi connectivity index (χ1) is 13.1. The Hall–Kier alpha value is -2.93. The van der Waals surface area contributed by atoms with Crippen LogP contribution < -0.4 is 10.1 Å². The van der Waals surface area contributed by atoms with Gasteiger partial charge in [-0.25, -0.2) is 4.98 Å². The van der Waals surface area contributed by atoms with Crippen LogP contribution in [0.5, 0.6) is 5.75 Å². The van der Waals surface area contributed by atoms with E-state index in [2.05, 4.69) is 15.4 Å². The highest BCUT2D eigenvalue weighted by atomic mass is 16.5. The zero-order valence-electron chi connectivity index (χ0n) is 15.3. The fraction of sp³-hybridized carbons (Fsp3) is 0.350. The summed E-state index contributed by atoms with van der Waals surface area (Å²) in [4.78, 5) is 16.8. The van der Waals surface area contributed by atoms with Crippen LogP contribution in [0.25, 0.3) is 10.9 Å². The van der Waals surface area contributed by atoms with Crippen molar-refractivity contribution >= 4 is 22.5 Å². The number of anilines is 1. The second-order valence-electron chi connectivity index (χ2n) is 7.01. The number of nitrogens with zero attached hydrogens (tertiary/aromatic N) is 3. The molecule has 2 N–H and O–H groups in total. The number of carbonyl (C=O) groups excluding carboxylic acids is 1. The molecule has 0 atom stereocenters. The summed E-state index contributed by atoms with van der Waals surface area (Å²) in [5.74, 6) is 0.637. The minimum atomic E-state index is -0.284. The lowest BCUT2D eigenvalue weighted by molar-refractivity contribution is 0.102. The Morgan fingerprint density at radius 1 is 1.37 bits per heavy atom. The number of carbonyl (C=O) groups is 1. The third-order valence-corrected chi connectivity index (χ3v) is 5.06. The summed E-state index contributed by atoms with van der Waals surface area (Å²) in [5.41, 5.74) is 2.54. The molecule has 7 heteroatoms. The number of hydrogen-bond acceptors (Lipinski definition) is 5. The fourth-order valence-corrected chi connectivity index (χ4v) is 3.45. The first-order valence-corrected chi connectivity index (χ1v) is 9.00. The van der Waals surface area contributed by atoms with Gasteiger partial charge in [-0.3, -0.25) is 9.48 Å². The number of ether oxygens (including phenoxy) is 1. The van der Waals surface area contributed by atoms with Crippen molar-refractivity contribution in [2.45, 2.75) is 25.8 Å².